The van der Waals surface area contributed by atoms with E-state index in [0.717, 1.165) is 6.42 Å². The molecule has 0 unspecified atom stereocenters. The molecule has 0 spiro atoms. The number of halogens is 1. The molecule has 7 nitrogen and oxygen atoms in total. The van der Waals surface area contributed by atoms with Gasteiger partial charge < -0.3 is 5.32 Å². The van der Waals surface area contributed by atoms with Gasteiger partial charge in [-0.1, -0.05) is 31.9 Å². The molecule has 2 aromatic heterocycles. The Bertz CT molecular complexity index is 556. The number of tetrazole rings is 1. The van der Waals surface area contributed by atoms with Crippen molar-refractivity contribution >= 4 is 23.3 Å². The van der Waals surface area contributed by atoms with E-state index in [4.69, 9.17) is 11.6 Å². The zero-order valence-corrected chi connectivity index (χ0v) is 11.9. The summed E-state index contributed by atoms with van der Waals surface area (Å²) in [5.74, 6) is 0.327. The Balaban J connectivity index is 2.17. The fourth-order valence-corrected chi connectivity index (χ4v) is 1.92. The molecular weight excluding hydrogens is 280 g/mol. The third-order valence-corrected chi connectivity index (χ3v) is 3.30. The predicted octanol–water partition coefficient (Wildman–Crippen LogP) is 1.95. The van der Waals surface area contributed by atoms with E-state index in [2.05, 4.69) is 25.8 Å². The Morgan fingerprint density at radius 2 is 2.30 bits per heavy atom. The first-order chi connectivity index (χ1) is 9.61. The van der Waals surface area contributed by atoms with Gasteiger partial charge in [-0.05, 0) is 28.5 Å². The highest BCUT2D eigenvalue weighted by Gasteiger charge is 2.27. The molecular formula is C12H15ClN6O. The Labute approximate surface area is 121 Å². The van der Waals surface area contributed by atoms with Crippen LogP contribution in [0.25, 0.3) is 0 Å². The summed E-state index contributed by atoms with van der Waals surface area (Å²) in [6.45, 7) is 3.98. The van der Waals surface area contributed by atoms with Crippen LogP contribution in [0.3, 0.4) is 0 Å². The standard InChI is InChI=1S/C12H15ClN6O/c1-3-8(2)11(19-7-15-17-18-19)12(20)16-10-5-4-9(13)6-14-10/h4-8,11H,3H2,1-2H3,(H,14,16,20)/t8-,11-/m0/s1. The van der Waals surface area contributed by atoms with Gasteiger partial charge in [0.25, 0.3) is 5.91 Å². The molecule has 0 aliphatic rings. The molecule has 2 rings (SSSR count). The Hall–Kier alpha value is -2.02. The lowest BCUT2D eigenvalue weighted by Gasteiger charge is -2.21. The van der Waals surface area contributed by atoms with Crippen molar-refractivity contribution in [2.24, 2.45) is 5.92 Å². The first-order valence-electron chi connectivity index (χ1n) is 6.26. The van der Waals surface area contributed by atoms with Crippen molar-refractivity contribution in [3.8, 4) is 0 Å². The topological polar surface area (TPSA) is 85.6 Å². The lowest BCUT2D eigenvalue weighted by molar-refractivity contribution is -0.121. The molecule has 2 aromatic rings. The molecule has 0 aliphatic heterocycles. The number of nitrogens with zero attached hydrogens (tertiary/aromatic N) is 5. The van der Waals surface area contributed by atoms with E-state index in [0.29, 0.717) is 10.8 Å². The highest BCUT2D eigenvalue weighted by atomic mass is 35.5. The molecule has 0 aliphatic carbocycles. The number of hydrogen-bond acceptors (Lipinski definition) is 5. The quantitative estimate of drug-likeness (QED) is 0.911. The fraction of sp³-hybridized carbons (Fsp3) is 0.417. The summed E-state index contributed by atoms with van der Waals surface area (Å²) in [7, 11) is 0. The predicted molar refractivity (Wildman–Crippen MR) is 74.2 cm³/mol. The number of aromatic nitrogens is 5. The number of anilines is 1. The van der Waals surface area contributed by atoms with Crippen LogP contribution < -0.4 is 5.32 Å². The summed E-state index contributed by atoms with van der Waals surface area (Å²) in [5, 5.41) is 14.2. The molecule has 1 amide bonds. The molecule has 106 valence electrons. The average Bonchev–Trinajstić information content (AvgIpc) is 2.95. The van der Waals surface area contributed by atoms with Crippen molar-refractivity contribution in [3.63, 3.8) is 0 Å². The average molecular weight is 295 g/mol. The van der Waals surface area contributed by atoms with Crippen LogP contribution in [0, 0.1) is 5.92 Å². The smallest absolute Gasteiger partial charge is 0.250 e. The minimum absolute atomic E-state index is 0.0887. The zero-order chi connectivity index (χ0) is 14.5. The van der Waals surface area contributed by atoms with E-state index in [1.165, 1.54) is 17.2 Å². The van der Waals surface area contributed by atoms with Gasteiger partial charge in [0.1, 0.15) is 18.2 Å². The van der Waals surface area contributed by atoms with E-state index in [9.17, 15) is 4.79 Å². The van der Waals surface area contributed by atoms with Gasteiger partial charge in [0.2, 0.25) is 0 Å². The second-order valence-corrected chi connectivity index (χ2v) is 4.91. The molecule has 0 aromatic carbocycles. The summed E-state index contributed by atoms with van der Waals surface area (Å²) in [5.41, 5.74) is 0. The van der Waals surface area contributed by atoms with Gasteiger partial charge in [-0.25, -0.2) is 9.67 Å². The van der Waals surface area contributed by atoms with E-state index in [1.807, 2.05) is 13.8 Å². The number of hydrogen-bond donors (Lipinski definition) is 1. The van der Waals surface area contributed by atoms with Gasteiger partial charge in [-0.15, -0.1) is 5.10 Å². The third-order valence-electron chi connectivity index (χ3n) is 3.08. The van der Waals surface area contributed by atoms with Crippen molar-refractivity contribution in [3.05, 3.63) is 29.7 Å². The summed E-state index contributed by atoms with van der Waals surface area (Å²) < 4.78 is 1.46. The van der Waals surface area contributed by atoms with Gasteiger partial charge >= 0.3 is 0 Å². The monoisotopic (exact) mass is 294 g/mol. The molecule has 2 heterocycles. The van der Waals surface area contributed by atoms with Gasteiger partial charge in [0.15, 0.2) is 0 Å². The normalized spacial score (nSPS) is 13.8. The maximum absolute atomic E-state index is 12.4. The van der Waals surface area contributed by atoms with Crippen LogP contribution in [0.5, 0.6) is 0 Å². The largest absolute Gasteiger partial charge is 0.309 e. The molecule has 20 heavy (non-hydrogen) atoms. The highest BCUT2D eigenvalue weighted by Crippen LogP contribution is 2.21. The summed E-state index contributed by atoms with van der Waals surface area (Å²) in [6.07, 6.45) is 3.74. The summed E-state index contributed by atoms with van der Waals surface area (Å²) in [4.78, 5) is 16.4. The van der Waals surface area contributed by atoms with Crippen molar-refractivity contribution in [2.75, 3.05) is 5.32 Å². The van der Waals surface area contributed by atoms with Crippen LogP contribution in [0.1, 0.15) is 26.3 Å². The van der Waals surface area contributed by atoms with Crippen molar-refractivity contribution in [1.29, 1.82) is 0 Å². The van der Waals surface area contributed by atoms with Crippen LogP contribution in [-0.2, 0) is 4.79 Å². The maximum atomic E-state index is 12.4. The van der Waals surface area contributed by atoms with E-state index >= 15 is 0 Å². The van der Waals surface area contributed by atoms with E-state index in [-0.39, 0.29) is 11.8 Å². The lowest BCUT2D eigenvalue weighted by atomic mass is 9.98. The second-order valence-electron chi connectivity index (χ2n) is 4.47. The van der Waals surface area contributed by atoms with Gasteiger partial charge in [-0.3, -0.25) is 4.79 Å². The Morgan fingerprint density at radius 1 is 1.50 bits per heavy atom. The van der Waals surface area contributed by atoms with Crippen LogP contribution in [-0.4, -0.2) is 31.1 Å². The molecule has 0 saturated heterocycles. The zero-order valence-electron chi connectivity index (χ0n) is 11.2. The number of rotatable bonds is 5. The number of nitrogens with one attached hydrogen (secondary N) is 1. The minimum Gasteiger partial charge on any atom is -0.309 e. The molecule has 0 radical (unpaired) electrons. The molecule has 0 saturated carbocycles. The summed E-state index contributed by atoms with van der Waals surface area (Å²) in [6, 6.07) is 2.83. The van der Waals surface area contributed by atoms with Crippen molar-refractivity contribution < 1.29 is 4.79 Å². The number of carbonyl (C=O) groups is 1. The number of carbonyl (C=O) groups excluding carboxylic acids is 1. The van der Waals surface area contributed by atoms with E-state index in [1.54, 1.807) is 12.1 Å². The fourth-order valence-electron chi connectivity index (χ4n) is 1.81. The number of pyridine rings is 1. The van der Waals surface area contributed by atoms with Crippen LogP contribution >= 0.6 is 11.6 Å². The van der Waals surface area contributed by atoms with Crippen LogP contribution in [0.2, 0.25) is 5.02 Å². The molecule has 2 atom stereocenters. The van der Waals surface area contributed by atoms with Crippen molar-refractivity contribution in [2.45, 2.75) is 26.3 Å². The van der Waals surface area contributed by atoms with E-state index < -0.39 is 6.04 Å². The van der Waals surface area contributed by atoms with Gasteiger partial charge in [0, 0.05) is 6.20 Å². The van der Waals surface area contributed by atoms with Gasteiger partial charge in [-0.2, -0.15) is 0 Å². The minimum atomic E-state index is -0.479. The SMILES string of the molecule is CC[C@H](C)[C@@H](C(=O)Nc1ccc(Cl)cn1)n1cnnn1. The lowest BCUT2D eigenvalue weighted by Crippen LogP contribution is -2.31. The van der Waals surface area contributed by atoms with Crippen LogP contribution in [0.15, 0.2) is 24.7 Å². The van der Waals surface area contributed by atoms with Gasteiger partial charge in [0.05, 0.1) is 5.02 Å². The Kier molecular flexibility index (Phi) is 4.62. The molecule has 0 bridgehead atoms. The first kappa shape index (κ1) is 14.4. The summed E-state index contributed by atoms with van der Waals surface area (Å²) >= 11 is 5.76. The molecule has 0 fully saturated rings. The Morgan fingerprint density at radius 3 is 2.85 bits per heavy atom. The third kappa shape index (κ3) is 3.30. The molecule has 1 N–H and O–H groups in total. The second kappa shape index (κ2) is 6.42. The highest BCUT2D eigenvalue weighted by molar-refractivity contribution is 6.30. The van der Waals surface area contributed by atoms with Crippen LogP contribution in [0.4, 0.5) is 5.82 Å². The molecule has 8 heteroatoms. The maximum Gasteiger partial charge on any atom is 0.250 e. The van der Waals surface area contributed by atoms with Crippen molar-refractivity contribution in [1.82, 2.24) is 25.2 Å². The first-order valence-corrected chi connectivity index (χ1v) is 6.64. The number of amides is 1.